The SMILES string of the molecule is Cc1nn(CCC(=O)Nc2c(C)nn(Cc3ccccc3F)c2C)cc1[N+](=O)[O-]. The normalized spacial score (nSPS) is 10.9. The van der Waals surface area contributed by atoms with Crippen molar-refractivity contribution in [2.24, 2.45) is 0 Å². The third-order valence-corrected chi connectivity index (χ3v) is 4.61. The molecule has 0 atom stereocenters. The van der Waals surface area contributed by atoms with E-state index in [1.807, 2.05) is 0 Å². The summed E-state index contributed by atoms with van der Waals surface area (Å²) in [6.07, 6.45) is 1.40. The Morgan fingerprint density at radius 3 is 2.59 bits per heavy atom. The highest BCUT2D eigenvalue weighted by atomic mass is 19.1. The van der Waals surface area contributed by atoms with Crippen LogP contribution in [-0.4, -0.2) is 30.4 Å². The summed E-state index contributed by atoms with van der Waals surface area (Å²) in [4.78, 5) is 22.7. The summed E-state index contributed by atoms with van der Waals surface area (Å²) in [7, 11) is 0. The lowest BCUT2D eigenvalue weighted by Gasteiger charge is -2.08. The van der Waals surface area contributed by atoms with Gasteiger partial charge < -0.3 is 5.32 Å². The highest BCUT2D eigenvalue weighted by molar-refractivity contribution is 5.91. The van der Waals surface area contributed by atoms with Gasteiger partial charge in [-0.15, -0.1) is 0 Å². The van der Waals surface area contributed by atoms with Gasteiger partial charge in [0.05, 0.1) is 28.5 Å². The van der Waals surface area contributed by atoms with Crippen molar-refractivity contribution in [3.8, 4) is 0 Å². The minimum absolute atomic E-state index is 0.0773. The van der Waals surface area contributed by atoms with E-state index >= 15 is 0 Å². The molecule has 0 aliphatic carbocycles. The predicted molar refractivity (Wildman–Crippen MR) is 104 cm³/mol. The zero-order valence-corrected chi connectivity index (χ0v) is 16.3. The first-order chi connectivity index (χ1) is 13.8. The minimum Gasteiger partial charge on any atom is -0.323 e. The standard InChI is InChI=1S/C19H21FN6O3/c1-12-17(26(28)29)11-24(22-12)9-8-18(27)21-19-13(2)23-25(14(19)3)10-15-6-4-5-7-16(15)20/h4-7,11H,8-10H2,1-3H3,(H,21,27). The summed E-state index contributed by atoms with van der Waals surface area (Å²) in [6, 6.07) is 6.47. The molecular weight excluding hydrogens is 379 g/mol. The number of rotatable bonds is 7. The van der Waals surface area contributed by atoms with E-state index in [9.17, 15) is 19.3 Å². The van der Waals surface area contributed by atoms with Gasteiger partial charge in [0, 0.05) is 18.5 Å². The number of halogens is 1. The highest BCUT2D eigenvalue weighted by Crippen LogP contribution is 2.21. The van der Waals surface area contributed by atoms with Crippen molar-refractivity contribution in [3.63, 3.8) is 0 Å². The molecule has 0 aliphatic heterocycles. The number of aryl methyl sites for hydroxylation is 3. The maximum atomic E-state index is 13.9. The molecule has 1 N–H and O–H groups in total. The Bertz CT molecular complexity index is 1070. The fourth-order valence-electron chi connectivity index (χ4n) is 3.04. The van der Waals surface area contributed by atoms with Crippen LogP contribution in [0.1, 0.15) is 29.1 Å². The summed E-state index contributed by atoms with van der Waals surface area (Å²) >= 11 is 0. The van der Waals surface area contributed by atoms with E-state index in [-0.39, 0.29) is 36.9 Å². The van der Waals surface area contributed by atoms with Crippen LogP contribution in [0.4, 0.5) is 15.8 Å². The summed E-state index contributed by atoms with van der Waals surface area (Å²) in [5.74, 6) is -0.577. The van der Waals surface area contributed by atoms with Gasteiger partial charge in [0.2, 0.25) is 5.91 Å². The zero-order valence-electron chi connectivity index (χ0n) is 16.3. The Morgan fingerprint density at radius 1 is 1.21 bits per heavy atom. The first-order valence-corrected chi connectivity index (χ1v) is 9.02. The fourth-order valence-corrected chi connectivity index (χ4v) is 3.04. The molecule has 3 rings (SSSR count). The number of carbonyl (C=O) groups is 1. The summed E-state index contributed by atoms with van der Waals surface area (Å²) in [5, 5.41) is 22.1. The Balaban J connectivity index is 1.66. The van der Waals surface area contributed by atoms with E-state index in [1.165, 1.54) is 16.9 Å². The number of amides is 1. The molecule has 2 heterocycles. The highest BCUT2D eigenvalue weighted by Gasteiger charge is 2.18. The number of nitrogens with zero attached hydrogens (tertiary/aromatic N) is 5. The molecule has 10 heteroatoms. The molecule has 0 fully saturated rings. The smallest absolute Gasteiger partial charge is 0.309 e. The van der Waals surface area contributed by atoms with Crippen molar-refractivity contribution < 1.29 is 14.1 Å². The van der Waals surface area contributed by atoms with Gasteiger partial charge >= 0.3 is 5.69 Å². The van der Waals surface area contributed by atoms with Crippen LogP contribution in [0.15, 0.2) is 30.5 Å². The van der Waals surface area contributed by atoms with Crippen molar-refractivity contribution in [1.82, 2.24) is 19.6 Å². The van der Waals surface area contributed by atoms with Gasteiger partial charge in [-0.1, -0.05) is 18.2 Å². The monoisotopic (exact) mass is 400 g/mol. The summed E-state index contributed by atoms with van der Waals surface area (Å²) < 4.78 is 16.9. The first-order valence-electron chi connectivity index (χ1n) is 9.02. The average Bonchev–Trinajstić information content (AvgIpc) is 3.17. The van der Waals surface area contributed by atoms with E-state index < -0.39 is 4.92 Å². The Kier molecular flexibility index (Phi) is 5.71. The second-order valence-corrected chi connectivity index (χ2v) is 6.71. The molecule has 1 amide bonds. The molecule has 152 valence electrons. The predicted octanol–water partition coefficient (Wildman–Crippen LogP) is 3.13. The lowest BCUT2D eigenvalue weighted by atomic mass is 10.2. The molecule has 0 radical (unpaired) electrons. The quantitative estimate of drug-likeness (QED) is 0.484. The van der Waals surface area contributed by atoms with Crippen LogP contribution in [-0.2, 0) is 17.9 Å². The molecule has 0 spiro atoms. The largest absolute Gasteiger partial charge is 0.323 e. The number of aromatic nitrogens is 4. The maximum Gasteiger partial charge on any atom is 0.309 e. The van der Waals surface area contributed by atoms with E-state index in [1.54, 1.807) is 43.7 Å². The molecule has 0 saturated carbocycles. The van der Waals surface area contributed by atoms with E-state index in [2.05, 4.69) is 15.5 Å². The second-order valence-electron chi connectivity index (χ2n) is 6.71. The van der Waals surface area contributed by atoms with E-state index in [0.29, 0.717) is 28.3 Å². The van der Waals surface area contributed by atoms with Gasteiger partial charge in [0.15, 0.2) is 0 Å². The van der Waals surface area contributed by atoms with Crippen molar-refractivity contribution >= 4 is 17.3 Å². The van der Waals surface area contributed by atoms with Gasteiger partial charge in [-0.3, -0.25) is 24.3 Å². The summed E-state index contributed by atoms with van der Waals surface area (Å²) in [6.45, 7) is 5.58. The van der Waals surface area contributed by atoms with E-state index in [4.69, 9.17) is 0 Å². The van der Waals surface area contributed by atoms with Gasteiger partial charge in [-0.05, 0) is 26.8 Å². The molecule has 0 unspecified atom stereocenters. The number of benzene rings is 1. The maximum absolute atomic E-state index is 13.9. The molecule has 3 aromatic rings. The average molecular weight is 400 g/mol. The third-order valence-electron chi connectivity index (χ3n) is 4.61. The van der Waals surface area contributed by atoms with Crippen LogP contribution in [0.2, 0.25) is 0 Å². The number of nitro groups is 1. The van der Waals surface area contributed by atoms with Crippen molar-refractivity contribution in [1.29, 1.82) is 0 Å². The fraction of sp³-hybridized carbons (Fsp3) is 0.316. The number of hydrogen-bond acceptors (Lipinski definition) is 5. The molecule has 9 nitrogen and oxygen atoms in total. The van der Waals surface area contributed by atoms with Crippen LogP contribution in [0.3, 0.4) is 0 Å². The van der Waals surface area contributed by atoms with Crippen LogP contribution in [0, 0.1) is 36.7 Å². The van der Waals surface area contributed by atoms with Crippen molar-refractivity contribution in [2.45, 2.75) is 40.3 Å². The number of carbonyl (C=O) groups excluding carboxylic acids is 1. The van der Waals surface area contributed by atoms with Gasteiger partial charge in [0.1, 0.15) is 17.7 Å². The van der Waals surface area contributed by atoms with Crippen molar-refractivity contribution in [3.05, 3.63) is 69.0 Å². The lowest BCUT2D eigenvalue weighted by molar-refractivity contribution is -0.385. The number of anilines is 1. The van der Waals surface area contributed by atoms with Crippen LogP contribution in [0.25, 0.3) is 0 Å². The Hall–Kier alpha value is -3.56. The molecule has 0 aliphatic rings. The van der Waals surface area contributed by atoms with Gasteiger partial charge in [-0.2, -0.15) is 10.2 Å². The molecule has 29 heavy (non-hydrogen) atoms. The summed E-state index contributed by atoms with van der Waals surface area (Å²) in [5.41, 5.74) is 2.64. The minimum atomic E-state index is -0.504. The molecule has 1 aromatic carbocycles. The number of nitrogens with one attached hydrogen (secondary N) is 1. The first kappa shape index (κ1) is 20.2. The molecule has 2 aromatic heterocycles. The molecule has 0 bridgehead atoms. The Morgan fingerprint density at radius 2 is 1.93 bits per heavy atom. The van der Waals surface area contributed by atoms with Crippen LogP contribution in [0.5, 0.6) is 0 Å². The van der Waals surface area contributed by atoms with Gasteiger partial charge in [0.25, 0.3) is 0 Å². The molecular formula is C19H21FN6O3. The second kappa shape index (κ2) is 8.21. The van der Waals surface area contributed by atoms with Gasteiger partial charge in [-0.25, -0.2) is 4.39 Å². The lowest BCUT2D eigenvalue weighted by Crippen LogP contribution is -2.16. The number of hydrogen-bond donors (Lipinski definition) is 1. The van der Waals surface area contributed by atoms with Crippen molar-refractivity contribution in [2.75, 3.05) is 5.32 Å². The third kappa shape index (κ3) is 4.48. The van der Waals surface area contributed by atoms with E-state index in [0.717, 1.165) is 0 Å². The topological polar surface area (TPSA) is 108 Å². The van der Waals surface area contributed by atoms with Crippen LogP contribution < -0.4 is 5.32 Å². The zero-order chi connectivity index (χ0) is 21.1. The molecule has 0 saturated heterocycles. The van der Waals surface area contributed by atoms with Crippen LogP contribution >= 0.6 is 0 Å². The Labute approximate surface area is 166 Å².